The molecule has 0 aromatic heterocycles. The Bertz CT molecular complexity index is 680. The number of ether oxygens (including phenoxy) is 2. The van der Waals surface area contributed by atoms with E-state index in [0.717, 1.165) is 26.0 Å². The zero-order valence-corrected chi connectivity index (χ0v) is 15.1. The third-order valence-electron chi connectivity index (χ3n) is 3.48. The summed E-state index contributed by atoms with van der Waals surface area (Å²) in [6.07, 6.45) is 0.263. The van der Waals surface area contributed by atoms with Gasteiger partial charge in [-0.2, -0.15) is 0 Å². The molecule has 0 amide bonds. The molecule has 0 radical (unpaired) electrons. The summed E-state index contributed by atoms with van der Waals surface area (Å²) in [4.78, 5) is 11.5. The Morgan fingerprint density at radius 2 is 1.95 bits per heavy atom. The van der Waals surface area contributed by atoms with Gasteiger partial charge < -0.3 is 9.47 Å². The Balaban J connectivity index is 2.19. The van der Waals surface area contributed by atoms with E-state index < -0.39 is 0 Å². The number of methoxy groups -OCH3 is 1. The number of carbonyl (C=O) groups excluding carboxylic acids is 1. The zero-order chi connectivity index (χ0) is 16.1. The average molecular weight is 410 g/mol. The lowest BCUT2D eigenvalue weighted by Crippen LogP contribution is -2.10. The summed E-state index contributed by atoms with van der Waals surface area (Å²) in [6.45, 7) is 4.54. The van der Waals surface area contributed by atoms with Crippen LogP contribution in [0.2, 0.25) is 0 Å². The standard InChI is InChI=1S/C18H19IO3/c1-12-7-8-17(13(2)9-12)22-11-15-14(10-18(20)21-3)5-4-6-16(15)19/h4-9H,10-11H2,1-3H3. The Labute approximate surface area is 144 Å². The number of hydrogen-bond donors (Lipinski definition) is 0. The normalized spacial score (nSPS) is 10.4. The fourth-order valence-corrected chi connectivity index (χ4v) is 2.98. The number of halogens is 1. The quantitative estimate of drug-likeness (QED) is 0.548. The highest BCUT2D eigenvalue weighted by Crippen LogP contribution is 2.23. The van der Waals surface area contributed by atoms with Crippen LogP contribution in [-0.4, -0.2) is 13.1 Å². The van der Waals surface area contributed by atoms with Crippen molar-refractivity contribution in [2.24, 2.45) is 0 Å². The molecule has 0 aliphatic carbocycles. The number of rotatable bonds is 5. The molecule has 2 aromatic rings. The van der Waals surface area contributed by atoms with Gasteiger partial charge in [-0.15, -0.1) is 0 Å². The minimum atomic E-state index is -0.241. The third-order valence-corrected chi connectivity index (χ3v) is 4.49. The van der Waals surface area contributed by atoms with Gasteiger partial charge in [-0.3, -0.25) is 4.79 Å². The second-order valence-corrected chi connectivity index (χ2v) is 6.35. The van der Waals surface area contributed by atoms with Crippen molar-refractivity contribution in [1.82, 2.24) is 0 Å². The van der Waals surface area contributed by atoms with E-state index in [-0.39, 0.29) is 12.4 Å². The van der Waals surface area contributed by atoms with Crippen LogP contribution in [0.3, 0.4) is 0 Å². The molecule has 116 valence electrons. The van der Waals surface area contributed by atoms with Crippen LogP contribution in [-0.2, 0) is 22.6 Å². The molecule has 2 rings (SSSR count). The van der Waals surface area contributed by atoms with Crippen molar-refractivity contribution in [2.75, 3.05) is 7.11 Å². The molecule has 0 fully saturated rings. The Hall–Kier alpha value is -1.56. The SMILES string of the molecule is COC(=O)Cc1cccc(I)c1COc1ccc(C)cc1C. The van der Waals surface area contributed by atoms with E-state index in [9.17, 15) is 4.79 Å². The summed E-state index contributed by atoms with van der Waals surface area (Å²) in [5, 5.41) is 0. The molecular weight excluding hydrogens is 391 g/mol. The summed E-state index contributed by atoms with van der Waals surface area (Å²) in [7, 11) is 1.40. The molecule has 0 aliphatic rings. The highest BCUT2D eigenvalue weighted by Gasteiger charge is 2.12. The van der Waals surface area contributed by atoms with E-state index in [1.165, 1.54) is 12.7 Å². The minimum Gasteiger partial charge on any atom is -0.489 e. The second-order valence-electron chi connectivity index (χ2n) is 5.19. The molecule has 0 aliphatic heterocycles. The van der Waals surface area contributed by atoms with Crippen LogP contribution >= 0.6 is 22.6 Å². The van der Waals surface area contributed by atoms with Crippen LogP contribution in [0.1, 0.15) is 22.3 Å². The molecule has 0 unspecified atom stereocenters. The van der Waals surface area contributed by atoms with Crippen molar-refractivity contribution < 1.29 is 14.3 Å². The van der Waals surface area contributed by atoms with Crippen LogP contribution in [0.4, 0.5) is 0 Å². The summed E-state index contributed by atoms with van der Waals surface area (Å²) in [6, 6.07) is 12.0. The monoisotopic (exact) mass is 410 g/mol. The van der Waals surface area contributed by atoms with E-state index in [0.29, 0.717) is 6.61 Å². The van der Waals surface area contributed by atoms with Crippen LogP contribution in [0.5, 0.6) is 5.75 Å². The molecule has 0 bridgehead atoms. The van der Waals surface area contributed by atoms with Gasteiger partial charge in [0.2, 0.25) is 0 Å². The molecular formula is C18H19IO3. The van der Waals surface area contributed by atoms with Gasteiger partial charge in [0.05, 0.1) is 13.5 Å². The first-order valence-electron chi connectivity index (χ1n) is 7.04. The van der Waals surface area contributed by atoms with Gasteiger partial charge in [0, 0.05) is 9.13 Å². The van der Waals surface area contributed by atoms with Gasteiger partial charge >= 0.3 is 5.97 Å². The number of esters is 1. The van der Waals surface area contributed by atoms with Crippen molar-refractivity contribution in [1.29, 1.82) is 0 Å². The van der Waals surface area contributed by atoms with Gasteiger partial charge in [-0.05, 0) is 59.7 Å². The lowest BCUT2D eigenvalue weighted by molar-refractivity contribution is -0.139. The maximum absolute atomic E-state index is 11.5. The van der Waals surface area contributed by atoms with Crippen molar-refractivity contribution >= 4 is 28.6 Å². The predicted octanol–water partition coefficient (Wildman–Crippen LogP) is 4.20. The van der Waals surface area contributed by atoms with Gasteiger partial charge in [-0.1, -0.05) is 29.8 Å². The molecule has 0 saturated heterocycles. The second kappa shape index (κ2) is 7.63. The number of benzene rings is 2. The van der Waals surface area contributed by atoms with Gasteiger partial charge in [0.15, 0.2) is 0 Å². The molecule has 4 heteroatoms. The first kappa shape index (κ1) is 16.8. The van der Waals surface area contributed by atoms with Crippen molar-refractivity contribution in [2.45, 2.75) is 26.9 Å². The minimum absolute atomic E-state index is 0.241. The summed E-state index contributed by atoms with van der Waals surface area (Å²) in [5.74, 6) is 0.629. The summed E-state index contributed by atoms with van der Waals surface area (Å²) in [5.41, 5.74) is 4.31. The van der Waals surface area contributed by atoms with Gasteiger partial charge in [0.25, 0.3) is 0 Å². The number of aryl methyl sites for hydroxylation is 2. The Morgan fingerprint density at radius 3 is 2.64 bits per heavy atom. The first-order chi connectivity index (χ1) is 10.5. The maximum atomic E-state index is 11.5. The van der Waals surface area contributed by atoms with Crippen LogP contribution < -0.4 is 4.74 Å². The van der Waals surface area contributed by atoms with Crippen molar-refractivity contribution in [3.8, 4) is 5.75 Å². The average Bonchev–Trinajstić information content (AvgIpc) is 2.48. The number of carbonyl (C=O) groups is 1. The van der Waals surface area contributed by atoms with Gasteiger partial charge in [-0.25, -0.2) is 0 Å². The lowest BCUT2D eigenvalue weighted by Gasteiger charge is -2.14. The zero-order valence-electron chi connectivity index (χ0n) is 13.0. The highest BCUT2D eigenvalue weighted by atomic mass is 127. The fourth-order valence-electron chi connectivity index (χ4n) is 2.27. The highest BCUT2D eigenvalue weighted by molar-refractivity contribution is 14.1. The molecule has 3 nitrogen and oxygen atoms in total. The lowest BCUT2D eigenvalue weighted by atomic mass is 10.1. The Kier molecular flexibility index (Phi) is 5.83. The number of hydrogen-bond acceptors (Lipinski definition) is 3. The van der Waals surface area contributed by atoms with Crippen LogP contribution in [0.25, 0.3) is 0 Å². The fraction of sp³-hybridized carbons (Fsp3) is 0.278. The first-order valence-corrected chi connectivity index (χ1v) is 8.12. The predicted molar refractivity (Wildman–Crippen MR) is 95.1 cm³/mol. The topological polar surface area (TPSA) is 35.5 Å². The third kappa shape index (κ3) is 4.22. The van der Waals surface area contributed by atoms with E-state index in [1.54, 1.807) is 0 Å². The molecule has 0 heterocycles. The van der Waals surface area contributed by atoms with E-state index >= 15 is 0 Å². The van der Waals surface area contributed by atoms with E-state index in [1.807, 2.05) is 37.3 Å². The van der Waals surface area contributed by atoms with E-state index in [4.69, 9.17) is 9.47 Å². The molecule has 0 saturated carbocycles. The van der Waals surface area contributed by atoms with Crippen molar-refractivity contribution in [3.05, 3.63) is 62.2 Å². The maximum Gasteiger partial charge on any atom is 0.309 e. The molecule has 0 N–H and O–H groups in total. The molecule has 0 atom stereocenters. The summed E-state index contributed by atoms with van der Waals surface area (Å²) >= 11 is 2.27. The Morgan fingerprint density at radius 1 is 1.18 bits per heavy atom. The van der Waals surface area contributed by atoms with Gasteiger partial charge in [0.1, 0.15) is 12.4 Å². The molecule has 22 heavy (non-hydrogen) atoms. The molecule has 0 spiro atoms. The van der Waals surface area contributed by atoms with Crippen LogP contribution in [0.15, 0.2) is 36.4 Å². The largest absolute Gasteiger partial charge is 0.489 e. The smallest absolute Gasteiger partial charge is 0.309 e. The summed E-state index contributed by atoms with van der Waals surface area (Å²) < 4.78 is 11.8. The van der Waals surface area contributed by atoms with Crippen LogP contribution in [0, 0.1) is 17.4 Å². The van der Waals surface area contributed by atoms with Crippen molar-refractivity contribution in [3.63, 3.8) is 0 Å². The van der Waals surface area contributed by atoms with E-state index in [2.05, 4.69) is 35.6 Å². The molecule has 2 aromatic carbocycles.